The van der Waals surface area contributed by atoms with Crippen LogP contribution in [0.15, 0.2) is 60.8 Å². The summed E-state index contributed by atoms with van der Waals surface area (Å²) in [7, 11) is 0. The van der Waals surface area contributed by atoms with Crippen molar-refractivity contribution in [2.45, 2.75) is 354 Å². The number of carbonyl (C=O) groups excluding carboxylic acids is 3. The summed E-state index contributed by atoms with van der Waals surface area (Å²) in [4.78, 5) is 38.4. The van der Waals surface area contributed by atoms with Gasteiger partial charge in [0.1, 0.15) is 13.2 Å². The Kier molecular flexibility index (Phi) is 62.2. The molecule has 0 fully saturated rings. The summed E-state index contributed by atoms with van der Waals surface area (Å²) in [6.45, 7) is 6.57. The second-order valence-corrected chi connectivity index (χ2v) is 22.4. The van der Waals surface area contributed by atoms with Gasteiger partial charge in [0.15, 0.2) is 6.10 Å². The minimum Gasteiger partial charge on any atom is -0.462 e. The maximum atomic E-state index is 12.9. The van der Waals surface area contributed by atoms with Gasteiger partial charge in [-0.2, -0.15) is 0 Å². The fourth-order valence-electron chi connectivity index (χ4n) is 9.83. The van der Waals surface area contributed by atoms with Crippen molar-refractivity contribution < 1.29 is 28.6 Å². The lowest BCUT2D eigenvalue weighted by Gasteiger charge is -2.18. The third-order valence-electron chi connectivity index (χ3n) is 14.8. The standard InChI is InChI=1S/C70H126O6/c1-4-7-10-13-16-19-22-25-28-30-32-34-36-37-39-42-45-48-51-54-57-60-63-69(72)75-66-67(65-74-68(71)62-59-56-53-50-47-44-41-27-24-21-18-15-12-9-6-3)76-70(73)64-61-58-55-52-49-46-43-40-38-35-33-31-29-26-23-20-17-14-11-8-5-2/h8,11,17,20,26,29,33,35,40,43,67H,4-7,9-10,12-16,18-19,21-25,27-28,30-32,34,36-39,41-42,44-66H2,1-3H3/b11-8-,20-17-,29-26-,35-33-,43-40-. The topological polar surface area (TPSA) is 78.9 Å². The van der Waals surface area contributed by atoms with Gasteiger partial charge in [-0.25, -0.2) is 0 Å². The lowest BCUT2D eigenvalue weighted by molar-refractivity contribution is -0.167. The van der Waals surface area contributed by atoms with E-state index in [0.29, 0.717) is 19.3 Å². The van der Waals surface area contributed by atoms with Crippen LogP contribution < -0.4 is 0 Å². The van der Waals surface area contributed by atoms with Crippen LogP contribution in [0.3, 0.4) is 0 Å². The van der Waals surface area contributed by atoms with Crippen molar-refractivity contribution in [1.82, 2.24) is 0 Å². The van der Waals surface area contributed by atoms with Crippen molar-refractivity contribution in [3.05, 3.63) is 60.8 Å². The van der Waals surface area contributed by atoms with E-state index in [0.717, 1.165) is 109 Å². The van der Waals surface area contributed by atoms with E-state index in [9.17, 15) is 14.4 Å². The van der Waals surface area contributed by atoms with Gasteiger partial charge in [-0.3, -0.25) is 14.4 Å². The predicted molar refractivity (Wildman–Crippen MR) is 330 cm³/mol. The average Bonchev–Trinajstić information content (AvgIpc) is 3.42. The molecule has 0 radical (unpaired) electrons. The zero-order valence-electron chi connectivity index (χ0n) is 50.8. The smallest absolute Gasteiger partial charge is 0.306 e. The van der Waals surface area contributed by atoms with Gasteiger partial charge in [0.2, 0.25) is 0 Å². The van der Waals surface area contributed by atoms with Crippen molar-refractivity contribution in [1.29, 1.82) is 0 Å². The molecule has 1 unspecified atom stereocenters. The van der Waals surface area contributed by atoms with Gasteiger partial charge in [-0.15, -0.1) is 0 Å². The fourth-order valence-corrected chi connectivity index (χ4v) is 9.83. The number of rotatable bonds is 61. The van der Waals surface area contributed by atoms with Gasteiger partial charge < -0.3 is 14.2 Å². The zero-order chi connectivity index (χ0) is 55.0. The van der Waals surface area contributed by atoms with Gasteiger partial charge >= 0.3 is 17.9 Å². The molecule has 0 saturated carbocycles. The van der Waals surface area contributed by atoms with Gasteiger partial charge in [-0.1, -0.05) is 326 Å². The molecule has 0 aliphatic heterocycles. The Bertz CT molecular complexity index is 1360. The number of esters is 3. The molecule has 0 aromatic rings. The fraction of sp³-hybridized carbons (Fsp3) is 0.814. The largest absolute Gasteiger partial charge is 0.462 e. The Morgan fingerprint density at radius 1 is 0.276 bits per heavy atom. The van der Waals surface area contributed by atoms with Crippen LogP contribution >= 0.6 is 0 Å². The number of hydrogen-bond donors (Lipinski definition) is 0. The monoisotopic (exact) mass is 1060 g/mol. The molecule has 0 bridgehead atoms. The Morgan fingerprint density at radius 2 is 0.513 bits per heavy atom. The molecule has 0 aromatic carbocycles. The molecular weight excluding hydrogens is 937 g/mol. The van der Waals surface area contributed by atoms with Crippen molar-refractivity contribution in [3.63, 3.8) is 0 Å². The predicted octanol–water partition coefficient (Wildman–Crippen LogP) is 22.7. The third-order valence-corrected chi connectivity index (χ3v) is 14.8. The van der Waals surface area contributed by atoms with Crippen LogP contribution in [0, 0.1) is 0 Å². The van der Waals surface area contributed by atoms with E-state index in [2.05, 4.69) is 81.5 Å². The van der Waals surface area contributed by atoms with Crippen LogP contribution in [0.2, 0.25) is 0 Å². The SMILES string of the molecule is CC/C=C\C/C=C\C/C=C\C/C=C\C/C=C\CCCCCCCC(=O)OC(COC(=O)CCCCCCCCCCCCCCCCC)COC(=O)CCCCCCCCCCCCCCCCCCCCCCCC. The van der Waals surface area contributed by atoms with Crippen molar-refractivity contribution in [2.75, 3.05) is 13.2 Å². The van der Waals surface area contributed by atoms with Gasteiger partial charge in [0.05, 0.1) is 0 Å². The molecule has 1 atom stereocenters. The maximum absolute atomic E-state index is 12.9. The highest BCUT2D eigenvalue weighted by Crippen LogP contribution is 2.18. The number of hydrogen-bond acceptors (Lipinski definition) is 6. The Morgan fingerprint density at radius 3 is 0.803 bits per heavy atom. The van der Waals surface area contributed by atoms with Crippen LogP contribution in [0.5, 0.6) is 0 Å². The Labute approximate surface area is 472 Å². The molecule has 0 heterocycles. The average molecular weight is 1060 g/mol. The van der Waals surface area contributed by atoms with E-state index in [-0.39, 0.29) is 31.1 Å². The summed E-state index contributed by atoms with van der Waals surface area (Å²) in [5.74, 6) is -0.873. The highest BCUT2D eigenvalue weighted by atomic mass is 16.6. The highest BCUT2D eigenvalue weighted by molar-refractivity contribution is 5.71. The summed E-state index contributed by atoms with van der Waals surface area (Å²) in [5, 5.41) is 0. The van der Waals surface area contributed by atoms with Crippen molar-refractivity contribution in [3.8, 4) is 0 Å². The van der Waals surface area contributed by atoms with E-state index in [1.165, 1.54) is 199 Å². The van der Waals surface area contributed by atoms with E-state index < -0.39 is 6.10 Å². The van der Waals surface area contributed by atoms with Crippen LogP contribution in [0.1, 0.15) is 348 Å². The number of unbranched alkanes of at least 4 members (excludes halogenated alkanes) is 40. The summed E-state index contributed by atoms with van der Waals surface area (Å²) in [6, 6.07) is 0. The first kappa shape index (κ1) is 73.1. The molecule has 0 aromatic heterocycles. The normalized spacial score (nSPS) is 12.4. The van der Waals surface area contributed by atoms with E-state index in [1.54, 1.807) is 0 Å². The first-order valence-corrected chi connectivity index (χ1v) is 33.3. The summed E-state index contributed by atoms with van der Waals surface area (Å²) < 4.78 is 17.0. The van der Waals surface area contributed by atoms with Gasteiger partial charge in [0, 0.05) is 19.3 Å². The second kappa shape index (κ2) is 64.6. The molecular formula is C70H126O6. The number of carbonyl (C=O) groups is 3. The van der Waals surface area contributed by atoms with E-state index >= 15 is 0 Å². The molecule has 442 valence electrons. The quantitative estimate of drug-likeness (QED) is 0.0261. The van der Waals surface area contributed by atoms with Crippen molar-refractivity contribution >= 4 is 17.9 Å². The molecule has 0 saturated heterocycles. The molecule has 0 amide bonds. The minimum absolute atomic E-state index is 0.0775. The van der Waals surface area contributed by atoms with Crippen LogP contribution in [0.25, 0.3) is 0 Å². The van der Waals surface area contributed by atoms with Crippen LogP contribution in [-0.2, 0) is 28.6 Å². The molecule has 6 heteroatoms. The zero-order valence-corrected chi connectivity index (χ0v) is 50.8. The molecule has 0 spiro atoms. The molecule has 0 rings (SSSR count). The molecule has 0 aliphatic carbocycles. The van der Waals surface area contributed by atoms with Crippen molar-refractivity contribution in [2.24, 2.45) is 0 Å². The summed E-state index contributed by atoms with van der Waals surface area (Å²) in [5.41, 5.74) is 0. The summed E-state index contributed by atoms with van der Waals surface area (Å²) in [6.07, 6.45) is 82.3. The molecule has 6 nitrogen and oxygen atoms in total. The van der Waals surface area contributed by atoms with Crippen LogP contribution in [0.4, 0.5) is 0 Å². The first-order chi connectivity index (χ1) is 37.5. The molecule has 0 aliphatic rings. The second-order valence-electron chi connectivity index (χ2n) is 22.4. The van der Waals surface area contributed by atoms with Crippen LogP contribution in [-0.4, -0.2) is 37.2 Å². The molecule has 76 heavy (non-hydrogen) atoms. The number of ether oxygens (including phenoxy) is 3. The van der Waals surface area contributed by atoms with Gasteiger partial charge in [-0.05, 0) is 64.2 Å². The Hall–Kier alpha value is -2.89. The third kappa shape index (κ3) is 62.0. The lowest BCUT2D eigenvalue weighted by atomic mass is 10.0. The Balaban J connectivity index is 4.35. The highest BCUT2D eigenvalue weighted by Gasteiger charge is 2.19. The number of allylic oxidation sites excluding steroid dienone is 10. The van der Waals surface area contributed by atoms with E-state index in [1.807, 2.05) is 0 Å². The molecule has 0 N–H and O–H groups in total. The summed E-state index contributed by atoms with van der Waals surface area (Å²) >= 11 is 0. The van der Waals surface area contributed by atoms with Gasteiger partial charge in [0.25, 0.3) is 0 Å². The first-order valence-electron chi connectivity index (χ1n) is 33.3. The van der Waals surface area contributed by atoms with E-state index in [4.69, 9.17) is 14.2 Å². The lowest BCUT2D eigenvalue weighted by Crippen LogP contribution is -2.30. The minimum atomic E-state index is -0.783. The maximum Gasteiger partial charge on any atom is 0.306 e.